The molecule has 3 rings (SSSR count). The van der Waals surface area contributed by atoms with Gasteiger partial charge in [-0.2, -0.15) is 0 Å². The molecule has 1 saturated heterocycles. The third-order valence-corrected chi connectivity index (χ3v) is 4.94. The summed E-state index contributed by atoms with van der Waals surface area (Å²) in [7, 11) is 0. The van der Waals surface area contributed by atoms with Crippen molar-refractivity contribution in [3.63, 3.8) is 0 Å². The van der Waals surface area contributed by atoms with Crippen LogP contribution in [0.3, 0.4) is 0 Å². The zero-order valence-electron chi connectivity index (χ0n) is 12.8. The van der Waals surface area contributed by atoms with E-state index in [1.54, 1.807) is 18.2 Å². The van der Waals surface area contributed by atoms with Crippen LogP contribution in [0, 0.1) is 6.92 Å². The lowest BCUT2D eigenvalue weighted by molar-refractivity contribution is -0.115. The molecule has 0 aromatic heterocycles. The fraction of sp³-hybridized carbons (Fsp3) is 0.111. The normalized spacial score (nSPS) is 15.7. The number of amides is 1. The van der Waals surface area contributed by atoms with E-state index in [9.17, 15) is 4.79 Å². The van der Waals surface area contributed by atoms with Gasteiger partial charge in [-0.05, 0) is 42.3 Å². The third kappa shape index (κ3) is 3.98. The van der Waals surface area contributed by atoms with Crippen molar-refractivity contribution in [3.8, 4) is 5.75 Å². The summed E-state index contributed by atoms with van der Waals surface area (Å²) < 4.78 is 6.41. The first-order valence-corrected chi connectivity index (χ1v) is 8.85. The summed E-state index contributed by atoms with van der Waals surface area (Å²) in [6.45, 7) is 2.49. The summed E-state index contributed by atoms with van der Waals surface area (Å²) in [5.74, 6) is 0.469. The average Bonchev–Trinajstić information content (AvgIpc) is 2.85. The van der Waals surface area contributed by atoms with Crippen molar-refractivity contribution >= 4 is 51.9 Å². The molecule has 1 amide bonds. The van der Waals surface area contributed by atoms with E-state index in [-0.39, 0.29) is 5.91 Å². The van der Waals surface area contributed by atoms with Crippen molar-refractivity contribution in [3.05, 3.63) is 69.1 Å². The predicted molar refractivity (Wildman–Crippen MR) is 103 cm³/mol. The smallest absolute Gasteiger partial charge is 0.263 e. The Kier molecular flexibility index (Phi) is 5.23. The first-order valence-electron chi connectivity index (χ1n) is 7.24. The molecule has 0 aliphatic carbocycles. The van der Waals surface area contributed by atoms with Crippen LogP contribution >= 0.6 is 35.6 Å². The van der Waals surface area contributed by atoms with E-state index in [4.69, 9.17) is 28.6 Å². The van der Waals surface area contributed by atoms with Gasteiger partial charge in [0.05, 0.1) is 4.91 Å². The lowest BCUT2D eigenvalue weighted by Crippen LogP contribution is -2.17. The molecule has 0 atom stereocenters. The van der Waals surface area contributed by atoms with E-state index < -0.39 is 0 Å². The summed E-state index contributed by atoms with van der Waals surface area (Å²) in [5, 5.41) is 3.18. The first kappa shape index (κ1) is 17.0. The number of halogens is 1. The number of thiocarbonyl (C=S) groups is 1. The number of aryl methyl sites for hydroxylation is 1. The minimum absolute atomic E-state index is 0.199. The lowest BCUT2D eigenvalue weighted by Gasteiger charge is -2.11. The molecule has 1 N–H and O–H groups in total. The van der Waals surface area contributed by atoms with Crippen molar-refractivity contribution in [1.82, 2.24) is 5.32 Å². The van der Waals surface area contributed by atoms with Gasteiger partial charge in [0.2, 0.25) is 0 Å². The maximum absolute atomic E-state index is 11.8. The Bertz CT molecular complexity index is 849. The molecule has 0 bridgehead atoms. The number of rotatable bonds is 4. The Morgan fingerprint density at radius 2 is 2.08 bits per heavy atom. The summed E-state index contributed by atoms with van der Waals surface area (Å²) in [6, 6.07) is 13.4. The molecule has 24 heavy (non-hydrogen) atoms. The molecule has 2 aromatic rings. The van der Waals surface area contributed by atoms with Crippen molar-refractivity contribution in [2.45, 2.75) is 13.5 Å². The van der Waals surface area contributed by atoms with E-state index in [0.717, 1.165) is 11.1 Å². The van der Waals surface area contributed by atoms with Crippen molar-refractivity contribution in [1.29, 1.82) is 0 Å². The third-order valence-electron chi connectivity index (χ3n) is 3.54. The Morgan fingerprint density at radius 3 is 2.79 bits per heavy atom. The monoisotopic (exact) mass is 375 g/mol. The molecule has 3 nitrogen and oxygen atoms in total. The van der Waals surface area contributed by atoms with Crippen LogP contribution in [0.4, 0.5) is 0 Å². The minimum atomic E-state index is -0.199. The van der Waals surface area contributed by atoms with Gasteiger partial charge in [0.25, 0.3) is 5.91 Å². The van der Waals surface area contributed by atoms with Crippen molar-refractivity contribution in [2.75, 3.05) is 0 Å². The highest BCUT2D eigenvalue weighted by molar-refractivity contribution is 8.26. The second-order valence-electron chi connectivity index (χ2n) is 5.25. The number of carbonyl (C=O) groups excluding carboxylic acids is 1. The molecule has 0 spiro atoms. The highest BCUT2D eigenvalue weighted by atomic mass is 35.5. The molecule has 0 saturated carbocycles. The summed E-state index contributed by atoms with van der Waals surface area (Å²) in [5.41, 5.74) is 3.03. The van der Waals surface area contributed by atoms with Crippen LogP contribution in [-0.4, -0.2) is 10.2 Å². The van der Waals surface area contributed by atoms with E-state index in [0.29, 0.717) is 26.6 Å². The number of carbonyl (C=O) groups is 1. The van der Waals surface area contributed by atoms with Crippen molar-refractivity contribution < 1.29 is 9.53 Å². The van der Waals surface area contributed by atoms with Crippen LogP contribution in [0.1, 0.15) is 16.7 Å². The number of nitrogens with one attached hydrogen (secondary N) is 1. The topological polar surface area (TPSA) is 38.3 Å². The molecular formula is C18H14ClNO2S2. The molecule has 6 heteroatoms. The molecule has 122 valence electrons. The van der Waals surface area contributed by atoms with Crippen LogP contribution in [0.25, 0.3) is 6.08 Å². The first-order chi connectivity index (χ1) is 11.5. The molecule has 2 aromatic carbocycles. The summed E-state index contributed by atoms with van der Waals surface area (Å²) in [4.78, 5) is 12.4. The van der Waals surface area contributed by atoms with Crippen LogP contribution in [0.15, 0.2) is 47.4 Å². The van der Waals surface area contributed by atoms with Gasteiger partial charge in [0.15, 0.2) is 0 Å². The maximum atomic E-state index is 11.8. The molecular weight excluding hydrogens is 362 g/mol. The molecule has 1 heterocycles. The number of ether oxygens (including phenoxy) is 1. The maximum Gasteiger partial charge on any atom is 0.263 e. The van der Waals surface area contributed by atoms with Gasteiger partial charge in [-0.3, -0.25) is 4.79 Å². The van der Waals surface area contributed by atoms with Gasteiger partial charge in [-0.25, -0.2) is 0 Å². The highest BCUT2D eigenvalue weighted by Gasteiger charge is 2.22. The predicted octanol–water partition coefficient (Wildman–Crippen LogP) is 4.72. The fourth-order valence-corrected chi connectivity index (χ4v) is 3.47. The Balaban J connectivity index is 1.86. The quantitative estimate of drug-likeness (QED) is 0.620. The summed E-state index contributed by atoms with van der Waals surface area (Å²) >= 11 is 12.3. The number of hydrogen-bond acceptors (Lipinski definition) is 4. The zero-order chi connectivity index (χ0) is 17.1. The molecule has 1 aliphatic heterocycles. The second kappa shape index (κ2) is 7.38. The van der Waals surface area contributed by atoms with Crippen LogP contribution < -0.4 is 10.1 Å². The largest absolute Gasteiger partial charge is 0.488 e. The van der Waals surface area contributed by atoms with Gasteiger partial charge in [-0.1, -0.05) is 59.8 Å². The van der Waals surface area contributed by atoms with Gasteiger partial charge in [0, 0.05) is 10.6 Å². The van der Waals surface area contributed by atoms with Crippen LogP contribution in [-0.2, 0) is 11.4 Å². The Morgan fingerprint density at radius 1 is 1.29 bits per heavy atom. The fourth-order valence-electron chi connectivity index (χ4n) is 2.25. The van der Waals surface area contributed by atoms with E-state index >= 15 is 0 Å². The zero-order valence-corrected chi connectivity index (χ0v) is 15.2. The number of thioether (sulfide) groups is 1. The molecule has 1 aliphatic rings. The van der Waals surface area contributed by atoms with E-state index in [1.165, 1.54) is 17.3 Å². The SMILES string of the molecule is Cc1ccccc1COc1ccc(Cl)cc1C=C1SC(=S)NC1=O. The lowest BCUT2D eigenvalue weighted by atomic mass is 10.1. The van der Waals surface area contributed by atoms with E-state index in [1.807, 2.05) is 37.3 Å². The van der Waals surface area contributed by atoms with E-state index in [2.05, 4.69) is 5.32 Å². The van der Waals surface area contributed by atoms with Crippen LogP contribution in [0.5, 0.6) is 5.75 Å². The van der Waals surface area contributed by atoms with Gasteiger partial charge in [0.1, 0.15) is 16.7 Å². The van der Waals surface area contributed by atoms with Gasteiger partial charge < -0.3 is 10.1 Å². The van der Waals surface area contributed by atoms with Crippen LogP contribution in [0.2, 0.25) is 5.02 Å². The summed E-state index contributed by atoms with van der Waals surface area (Å²) in [6.07, 6.45) is 1.75. The molecule has 0 radical (unpaired) electrons. The molecule has 1 fully saturated rings. The Labute approximate surface area is 155 Å². The molecule has 0 unspecified atom stereocenters. The highest BCUT2D eigenvalue weighted by Crippen LogP contribution is 2.31. The standard InChI is InChI=1S/C18H14ClNO2S2/c1-11-4-2-3-5-12(11)10-22-15-7-6-14(19)8-13(15)9-16-17(21)20-18(23)24-16/h2-9H,10H2,1H3,(H,20,21,23). The minimum Gasteiger partial charge on any atom is -0.488 e. The average molecular weight is 376 g/mol. The number of benzene rings is 2. The number of hydrogen-bond donors (Lipinski definition) is 1. The van der Waals surface area contributed by atoms with Gasteiger partial charge >= 0.3 is 0 Å². The van der Waals surface area contributed by atoms with Crippen molar-refractivity contribution in [2.24, 2.45) is 0 Å². The second-order valence-corrected chi connectivity index (χ2v) is 7.40. The van der Waals surface area contributed by atoms with Gasteiger partial charge in [-0.15, -0.1) is 0 Å². The Hall–Kier alpha value is -1.82.